The molecular formula is C28H43Li4N6O17P3S. The Kier molecular flexibility index (Phi) is 27.3. The van der Waals surface area contributed by atoms with E-state index >= 15 is 0 Å². The predicted octanol–water partition coefficient (Wildman–Crippen LogP) is -14.5. The van der Waals surface area contributed by atoms with Gasteiger partial charge in [0.1, 0.15) is 12.3 Å². The smallest absolute Gasteiger partial charge is 0.790 e. The van der Waals surface area contributed by atoms with Gasteiger partial charge < -0.3 is 59.8 Å². The second kappa shape index (κ2) is 27.3. The molecule has 0 bridgehead atoms. The number of unbranched alkanes of at least 4 members (excludes halogenated alkanes) is 3. The van der Waals surface area contributed by atoms with Gasteiger partial charge in [-0.2, -0.15) is 11.8 Å². The van der Waals surface area contributed by atoms with Crippen molar-refractivity contribution in [3.8, 4) is 0 Å². The number of nitrogens with one attached hydrogen (secondary N) is 5. The van der Waals surface area contributed by atoms with Crippen LogP contribution in [0.15, 0.2) is 12.2 Å². The van der Waals surface area contributed by atoms with Gasteiger partial charge in [0.25, 0.3) is 15.6 Å². The number of ether oxygens (including phenoxy) is 1. The molecule has 0 aromatic rings. The first-order valence-corrected chi connectivity index (χ1v) is 22.8. The minimum absolute atomic E-state index is 0. The zero-order valence-electron chi connectivity index (χ0n) is 33.3. The molecule has 4 fully saturated rings. The Balaban J connectivity index is 0.00000841. The number of aliphatic hydroxyl groups excluding tert-OH is 1. The molecule has 0 aromatic carbocycles. The molecule has 0 spiro atoms. The Labute approximate surface area is 393 Å². The molecule has 4 rings (SSSR count). The van der Waals surface area contributed by atoms with Crippen LogP contribution in [0.4, 0.5) is 9.59 Å². The number of amides is 7. The summed E-state index contributed by atoms with van der Waals surface area (Å²) in [7, 11) is -18.2. The number of imide groups is 1. The Morgan fingerprint density at radius 1 is 0.915 bits per heavy atom. The van der Waals surface area contributed by atoms with E-state index < -0.39 is 66.4 Å². The van der Waals surface area contributed by atoms with E-state index in [-0.39, 0.29) is 131 Å². The number of rotatable bonds is 22. The molecule has 4 heterocycles. The molecule has 4 aliphatic rings. The van der Waals surface area contributed by atoms with Crippen LogP contribution in [0.25, 0.3) is 0 Å². The molecule has 31 heteroatoms. The number of hydrogen-bond acceptors (Lipinski definition) is 18. The Bertz CT molecular complexity index is 1610. The van der Waals surface area contributed by atoms with Crippen molar-refractivity contribution >= 4 is 65.0 Å². The SMILES string of the molecule is O=C(CCCCCNC(=O)CCCC[C@@H]1SC[C@@H]2NC(=O)N[C@@H]21)NC/C=C/C1CN([C@H]2C[C@H](O)[C@@H](COP(=O)([O-])OP(=O)([O-])OP(=O)([O-])[O-])O2)C(=O)NC1=O.[Li+].[Li+].[Li+].[Li+]. The number of fused-ring (bicyclic) bond motifs is 1. The van der Waals surface area contributed by atoms with Gasteiger partial charge in [0, 0.05) is 49.9 Å². The number of aliphatic hydroxyl groups is 1. The molecule has 7 amide bonds. The van der Waals surface area contributed by atoms with E-state index in [2.05, 4.69) is 39.7 Å². The molecule has 9 atom stereocenters. The summed E-state index contributed by atoms with van der Waals surface area (Å²) in [6.45, 7) is -0.689. The summed E-state index contributed by atoms with van der Waals surface area (Å²) in [5, 5.41) is 24.3. The fourth-order valence-corrected chi connectivity index (χ4v) is 10.6. The van der Waals surface area contributed by atoms with E-state index in [0.717, 1.165) is 36.3 Å². The first kappa shape index (κ1) is 59.0. The van der Waals surface area contributed by atoms with Gasteiger partial charge in [-0.3, -0.25) is 38.0 Å². The minimum atomic E-state index is -6.19. The first-order valence-electron chi connectivity index (χ1n) is 17.4. The third kappa shape index (κ3) is 20.6. The van der Waals surface area contributed by atoms with Crippen molar-refractivity contribution in [2.24, 2.45) is 5.92 Å². The second-order valence-corrected chi connectivity index (χ2v) is 18.6. The monoisotopic (exact) mass is 888 g/mol. The van der Waals surface area contributed by atoms with Crippen molar-refractivity contribution in [1.29, 1.82) is 0 Å². The Morgan fingerprint density at radius 3 is 2.25 bits per heavy atom. The van der Waals surface area contributed by atoms with Crippen molar-refractivity contribution in [2.75, 3.05) is 32.0 Å². The second-order valence-electron chi connectivity index (χ2n) is 13.0. The van der Waals surface area contributed by atoms with Crippen LogP contribution in [0.2, 0.25) is 0 Å². The maximum absolute atomic E-state index is 12.5. The summed E-state index contributed by atoms with van der Waals surface area (Å²) >= 11 is 1.85. The topological polar surface area (TPSA) is 349 Å². The van der Waals surface area contributed by atoms with E-state index in [4.69, 9.17) is 4.74 Å². The van der Waals surface area contributed by atoms with Crippen LogP contribution >= 0.6 is 35.2 Å². The number of nitrogens with zero attached hydrogens (tertiary/aromatic N) is 1. The number of carbonyl (C=O) groups is 5. The largest absolute Gasteiger partial charge is 1.00 e. The third-order valence-corrected chi connectivity index (χ3v) is 14.0. The minimum Gasteiger partial charge on any atom is -0.790 e. The van der Waals surface area contributed by atoms with Gasteiger partial charge in [0.2, 0.25) is 17.7 Å². The van der Waals surface area contributed by atoms with Gasteiger partial charge in [0.15, 0.2) is 0 Å². The zero-order chi connectivity index (χ0) is 40.4. The molecule has 0 aliphatic carbocycles. The van der Waals surface area contributed by atoms with Crippen LogP contribution in [0, 0.1) is 5.92 Å². The van der Waals surface area contributed by atoms with Crippen LogP contribution in [0.1, 0.15) is 57.8 Å². The van der Waals surface area contributed by atoms with E-state index in [0.29, 0.717) is 31.1 Å². The fraction of sp³-hybridized carbons (Fsp3) is 0.750. The average Bonchev–Trinajstić information content (AvgIpc) is 3.74. The normalized spacial score (nSPS) is 27.0. The molecular weight excluding hydrogens is 845 g/mol. The predicted molar refractivity (Wildman–Crippen MR) is 182 cm³/mol. The van der Waals surface area contributed by atoms with Crippen LogP contribution in [-0.4, -0.2) is 108 Å². The molecule has 3 unspecified atom stereocenters. The van der Waals surface area contributed by atoms with Crippen LogP contribution < -0.4 is 122 Å². The molecule has 312 valence electrons. The summed E-state index contributed by atoms with van der Waals surface area (Å²) in [6.07, 6.45) is 3.90. The van der Waals surface area contributed by atoms with Gasteiger partial charge in [-0.15, -0.1) is 0 Å². The van der Waals surface area contributed by atoms with Crippen LogP contribution in [0.5, 0.6) is 0 Å². The van der Waals surface area contributed by atoms with E-state index in [9.17, 15) is 62.3 Å². The van der Waals surface area contributed by atoms with E-state index in [1.807, 2.05) is 11.8 Å². The number of hydrogen-bond donors (Lipinski definition) is 6. The number of urea groups is 2. The number of phosphoric acid groups is 3. The summed E-state index contributed by atoms with van der Waals surface area (Å²) in [5.74, 6) is -0.891. The third-order valence-electron chi connectivity index (χ3n) is 8.84. The van der Waals surface area contributed by atoms with Gasteiger partial charge in [-0.1, -0.05) is 25.0 Å². The van der Waals surface area contributed by atoms with Crippen LogP contribution in [0.3, 0.4) is 0 Å². The standard InChI is InChI=1S/C28H47N6O17P3S.4Li/c35-19-13-24(49-20(19)15-48-53(44,45)51-54(46,47)50-52(41,42)43)34-14-17(26(38)33-28(34)40)7-6-12-30-22(36)9-2-1-5-11-29-23(37)10-4-3-8-21-25-18(16-55-21)31-27(39)32-25;;;;/h6-7,17-21,24-25,35H,1-5,8-16H2,(H,29,37)(H,30,36)(H,44,45)(H,46,47)(H2,31,32,39)(H,33,38,40)(H2,41,42,43);;;;/q;4*+1/p-4/b7-6+;;;;/t17?,18-,19-,20+,21-,24+,25-;;;;/m0..../s1. The summed E-state index contributed by atoms with van der Waals surface area (Å²) in [4.78, 5) is 106. The van der Waals surface area contributed by atoms with Crippen molar-refractivity contribution < 1.29 is 156 Å². The van der Waals surface area contributed by atoms with Gasteiger partial charge >= 0.3 is 87.5 Å². The van der Waals surface area contributed by atoms with Gasteiger partial charge in [-0.05, 0) is 25.7 Å². The van der Waals surface area contributed by atoms with Crippen LogP contribution in [-0.2, 0) is 46.0 Å². The Morgan fingerprint density at radius 2 is 1.58 bits per heavy atom. The maximum atomic E-state index is 12.5. The Hall–Kier alpha value is -0.0404. The molecule has 0 radical (unpaired) electrons. The van der Waals surface area contributed by atoms with Crippen molar-refractivity contribution in [3.05, 3.63) is 12.2 Å². The van der Waals surface area contributed by atoms with Gasteiger partial charge in [-0.25, -0.2) is 13.9 Å². The molecule has 6 N–H and O–H groups in total. The number of carbonyl (C=O) groups excluding carboxylic acids is 5. The van der Waals surface area contributed by atoms with E-state index in [1.165, 1.54) is 12.2 Å². The molecule has 4 aliphatic heterocycles. The molecule has 23 nitrogen and oxygen atoms in total. The fourth-order valence-electron chi connectivity index (χ4n) is 6.22. The zero-order valence-corrected chi connectivity index (χ0v) is 36.8. The maximum Gasteiger partial charge on any atom is 1.00 e. The van der Waals surface area contributed by atoms with Crippen molar-refractivity contribution in [3.63, 3.8) is 0 Å². The van der Waals surface area contributed by atoms with Gasteiger partial charge in [0.05, 0.1) is 38.5 Å². The van der Waals surface area contributed by atoms with Crippen molar-refractivity contribution in [2.45, 2.75) is 93.6 Å². The number of phosphoric ester groups is 1. The summed E-state index contributed by atoms with van der Waals surface area (Å²) in [6, 6.07) is -0.650. The molecule has 59 heavy (non-hydrogen) atoms. The average molecular weight is 888 g/mol. The molecule has 0 saturated carbocycles. The summed E-state index contributed by atoms with van der Waals surface area (Å²) < 4.78 is 49.9. The molecule has 4 saturated heterocycles. The first-order chi connectivity index (χ1) is 25.8. The van der Waals surface area contributed by atoms with Crippen molar-refractivity contribution in [1.82, 2.24) is 31.5 Å². The summed E-state index contributed by atoms with van der Waals surface area (Å²) in [5.41, 5.74) is 0. The van der Waals surface area contributed by atoms with E-state index in [1.54, 1.807) is 0 Å². The quantitative estimate of drug-likeness (QED) is 0.0193. The number of thioether (sulfide) groups is 1. The molecule has 0 aromatic heterocycles.